The zero-order valence-corrected chi connectivity index (χ0v) is 12.9. The standard InChI is InChI=1S/C16H12BrN3O/c1-10-13(7-8-15(17)19-10)20-16(21)12-4-2-6-14-11(12)5-3-9-18-14/h2-9H,1H3,(H,20,21). The molecule has 1 N–H and O–H groups in total. The van der Waals surface area contributed by atoms with E-state index in [9.17, 15) is 4.79 Å². The minimum atomic E-state index is -0.166. The van der Waals surface area contributed by atoms with Crippen molar-refractivity contribution in [3.05, 3.63) is 64.5 Å². The van der Waals surface area contributed by atoms with Crippen molar-refractivity contribution in [1.29, 1.82) is 0 Å². The molecule has 0 fully saturated rings. The van der Waals surface area contributed by atoms with Crippen molar-refractivity contribution in [1.82, 2.24) is 9.97 Å². The minimum Gasteiger partial charge on any atom is -0.320 e. The number of hydrogen-bond donors (Lipinski definition) is 1. The normalized spacial score (nSPS) is 10.6. The zero-order valence-electron chi connectivity index (χ0n) is 11.3. The number of carbonyl (C=O) groups excluding carboxylic acids is 1. The average molecular weight is 342 g/mol. The third kappa shape index (κ3) is 2.78. The predicted octanol–water partition coefficient (Wildman–Crippen LogP) is 3.95. The van der Waals surface area contributed by atoms with Crippen molar-refractivity contribution in [2.45, 2.75) is 6.92 Å². The van der Waals surface area contributed by atoms with Crippen LogP contribution >= 0.6 is 15.9 Å². The fourth-order valence-corrected chi connectivity index (χ4v) is 2.55. The van der Waals surface area contributed by atoms with E-state index >= 15 is 0 Å². The maximum absolute atomic E-state index is 12.5. The van der Waals surface area contributed by atoms with Crippen LogP contribution in [0.2, 0.25) is 0 Å². The third-order valence-electron chi connectivity index (χ3n) is 3.19. The molecule has 0 aliphatic carbocycles. The highest BCUT2D eigenvalue weighted by atomic mass is 79.9. The van der Waals surface area contributed by atoms with Crippen LogP contribution in [0.25, 0.3) is 10.9 Å². The van der Waals surface area contributed by atoms with E-state index in [0.717, 1.165) is 21.2 Å². The molecule has 5 heteroatoms. The van der Waals surface area contributed by atoms with Gasteiger partial charge in [-0.15, -0.1) is 0 Å². The molecule has 3 aromatic rings. The van der Waals surface area contributed by atoms with Gasteiger partial charge >= 0.3 is 0 Å². The summed E-state index contributed by atoms with van der Waals surface area (Å²) in [7, 11) is 0. The van der Waals surface area contributed by atoms with E-state index in [0.29, 0.717) is 11.3 Å². The molecule has 0 atom stereocenters. The van der Waals surface area contributed by atoms with Gasteiger partial charge in [0.1, 0.15) is 4.60 Å². The first-order valence-corrected chi connectivity index (χ1v) is 7.23. The zero-order chi connectivity index (χ0) is 14.8. The van der Waals surface area contributed by atoms with Gasteiger partial charge in [-0.1, -0.05) is 12.1 Å². The Morgan fingerprint density at radius 1 is 1.14 bits per heavy atom. The maximum atomic E-state index is 12.5. The number of nitrogens with one attached hydrogen (secondary N) is 1. The maximum Gasteiger partial charge on any atom is 0.256 e. The Morgan fingerprint density at radius 3 is 2.81 bits per heavy atom. The Balaban J connectivity index is 1.97. The van der Waals surface area contributed by atoms with Gasteiger partial charge < -0.3 is 5.32 Å². The predicted molar refractivity (Wildman–Crippen MR) is 86.4 cm³/mol. The van der Waals surface area contributed by atoms with Crippen LogP contribution in [0.15, 0.2) is 53.3 Å². The largest absolute Gasteiger partial charge is 0.320 e. The SMILES string of the molecule is Cc1nc(Br)ccc1NC(=O)c1cccc2ncccc12. The van der Waals surface area contributed by atoms with Crippen molar-refractivity contribution in [3.63, 3.8) is 0 Å². The van der Waals surface area contributed by atoms with E-state index in [2.05, 4.69) is 31.2 Å². The monoisotopic (exact) mass is 341 g/mol. The number of carbonyl (C=O) groups is 1. The quantitative estimate of drug-likeness (QED) is 0.718. The van der Waals surface area contributed by atoms with Crippen molar-refractivity contribution in [3.8, 4) is 0 Å². The van der Waals surface area contributed by atoms with Crippen molar-refractivity contribution in [2.24, 2.45) is 0 Å². The number of halogens is 1. The lowest BCUT2D eigenvalue weighted by atomic mass is 10.1. The Bertz CT molecular complexity index is 827. The molecule has 0 bridgehead atoms. The van der Waals surface area contributed by atoms with Gasteiger partial charge in [-0.05, 0) is 53.2 Å². The molecule has 1 aromatic carbocycles. The molecule has 0 aliphatic heterocycles. The second kappa shape index (κ2) is 5.61. The van der Waals surface area contributed by atoms with Crippen molar-refractivity contribution < 1.29 is 4.79 Å². The van der Waals surface area contributed by atoms with Gasteiger partial charge in [-0.25, -0.2) is 4.98 Å². The van der Waals surface area contributed by atoms with Crippen LogP contribution in [0.1, 0.15) is 16.1 Å². The van der Waals surface area contributed by atoms with Gasteiger partial charge in [-0.3, -0.25) is 9.78 Å². The van der Waals surface area contributed by atoms with Crippen LogP contribution in [-0.4, -0.2) is 15.9 Å². The molecule has 0 unspecified atom stereocenters. The summed E-state index contributed by atoms with van der Waals surface area (Å²) in [5.41, 5.74) is 2.86. The molecule has 0 saturated heterocycles. The second-order valence-electron chi connectivity index (χ2n) is 4.60. The molecular weight excluding hydrogens is 330 g/mol. The molecule has 0 radical (unpaired) electrons. The lowest BCUT2D eigenvalue weighted by Crippen LogP contribution is -2.13. The highest BCUT2D eigenvalue weighted by Crippen LogP contribution is 2.20. The molecule has 2 heterocycles. The van der Waals surface area contributed by atoms with Crippen LogP contribution in [0.4, 0.5) is 5.69 Å². The van der Waals surface area contributed by atoms with Crippen LogP contribution in [0, 0.1) is 6.92 Å². The van der Waals surface area contributed by atoms with Gasteiger partial charge in [0, 0.05) is 17.1 Å². The fourth-order valence-electron chi connectivity index (χ4n) is 2.15. The number of hydrogen-bond acceptors (Lipinski definition) is 3. The summed E-state index contributed by atoms with van der Waals surface area (Å²) in [5.74, 6) is -0.166. The number of anilines is 1. The van der Waals surface area contributed by atoms with Crippen LogP contribution in [-0.2, 0) is 0 Å². The smallest absolute Gasteiger partial charge is 0.256 e. The van der Waals surface area contributed by atoms with Gasteiger partial charge in [-0.2, -0.15) is 0 Å². The van der Waals surface area contributed by atoms with Gasteiger partial charge in [0.15, 0.2) is 0 Å². The minimum absolute atomic E-state index is 0.166. The molecule has 21 heavy (non-hydrogen) atoms. The van der Waals surface area contributed by atoms with E-state index in [-0.39, 0.29) is 5.91 Å². The van der Waals surface area contributed by atoms with Crippen molar-refractivity contribution >= 4 is 38.4 Å². The Hall–Kier alpha value is -2.27. The molecule has 4 nitrogen and oxygen atoms in total. The number of nitrogens with zero attached hydrogens (tertiary/aromatic N) is 2. The number of fused-ring (bicyclic) bond motifs is 1. The lowest BCUT2D eigenvalue weighted by molar-refractivity contribution is 0.102. The highest BCUT2D eigenvalue weighted by Gasteiger charge is 2.12. The number of benzene rings is 1. The van der Waals surface area contributed by atoms with Crippen LogP contribution < -0.4 is 5.32 Å². The molecule has 0 aliphatic rings. The molecule has 0 spiro atoms. The van der Waals surface area contributed by atoms with Crippen molar-refractivity contribution in [2.75, 3.05) is 5.32 Å². The number of pyridine rings is 2. The van der Waals surface area contributed by atoms with Crippen LogP contribution in [0.3, 0.4) is 0 Å². The molecule has 3 rings (SSSR count). The van der Waals surface area contributed by atoms with E-state index < -0.39 is 0 Å². The summed E-state index contributed by atoms with van der Waals surface area (Å²) in [6.07, 6.45) is 1.72. The van der Waals surface area contributed by atoms with Gasteiger partial charge in [0.05, 0.1) is 16.9 Å². The van der Waals surface area contributed by atoms with Crippen LogP contribution in [0.5, 0.6) is 0 Å². The molecular formula is C16H12BrN3O. The van der Waals surface area contributed by atoms with E-state index in [1.165, 1.54) is 0 Å². The molecule has 1 amide bonds. The average Bonchev–Trinajstić information content (AvgIpc) is 2.49. The third-order valence-corrected chi connectivity index (χ3v) is 3.63. The lowest BCUT2D eigenvalue weighted by Gasteiger charge is -2.09. The Kier molecular flexibility index (Phi) is 3.66. The van der Waals surface area contributed by atoms with Gasteiger partial charge in [0.2, 0.25) is 0 Å². The molecule has 0 saturated carbocycles. The van der Waals surface area contributed by atoms with E-state index in [1.54, 1.807) is 18.3 Å². The highest BCUT2D eigenvalue weighted by molar-refractivity contribution is 9.10. The van der Waals surface area contributed by atoms with E-state index in [4.69, 9.17) is 0 Å². The second-order valence-corrected chi connectivity index (χ2v) is 5.41. The molecule has 2 aromatic heterocycles. The van der Waals surface area contributed by atoms with Gasteiger partial charge in [0.25, 0.3) is 5.91 Å². The Morgan fingerprint density at radius 2 is 2.00 bits per heavy atom. The summed E-state index contributed by atoms with van der Waals surface area (Å²) < 4.78 is 0.743. The summed E-state index contributed by atoms with van der Waals surface area (Å²) in [4.78, 5) is 21.0. The molecule has 104 valence electrons. The fraction of sp³-hybridized carbons (Fsp3) is 0.0625. The topological polar surface area (TPSA) is 54.9 Å². The summed E-state index contributed by atoms with van der Waals surface area (Å²) in [6.45, 7) is 1.85. The first-order chi connectivity index (χ1) is 10.1. The summed E-state index contributed by atoms with van der Waals surface area (Å²) in [6, 6.07) is 12.9. The first-order valence-electron chi connectivity index (χ1n) is 6.43. The Labute approximate surface area is 130 Å². The summed E-state index contributed by atoms with van der Waals surface area (Å²) >= 11 is 3.31. The summed E-state index contributed by atoms with van der Waals surface area (Å²) in [5, 5.41) is 3.73. The number of aryl methyl sites for hydroxylation is 1. The number of rotatable bonds is 2. The van der Waals surface area contributed by atoms with E-state index in [1.807, 2.05) is 37.3 Å². The number of amides is 1. The number of aromatic nitrogens is 2. The first kappa shape index (κ1) is 13.7.